The molecule has 4 rings (SSSR count). The molecule has 0 atom stereocenters. The molecule has 0 unspecified atom stereocenters. The first-order chi connectivity index (χ1) is 12.6. The number of ketones is 1. The Morgan fingerprint density at radius 1 is 1.23 bits per heavy atom. The Bertz CT molecular complexity index is 948. The van der Waals surface area contributed by atoms with Crippen LogP contribution in [0.3, 0.4) is 0 Å². The number of thioether (sulfide) groups is 1. The van der Waals surface area contributed by atoms with E-state index in [9.17, 15) is 4.79 Å². The third-order valence-corrected chi connectivity index (χ3v) is 5.98. The Morgan fingerprint density at radius 2 is 2.04 bits per heavy atom. The van der Waals surface area contributed by atoms with Crippen molar-refractivity contribution in [1.82, 2.24) is 9.55 Å². The van der Waals surface area contributed by atoms with Crippen LogP contribution in [0.4, 0.5) is 0 Å². The topological polar surface area (TPSA) is 53.4 Å². The summed E-state index contributed by atoms with van der Waals surface area (Å²) < 4.78 is 13.2. The highest BCUT2D eigenvalue weighted by Gasteiger charge is 2.18. The molecule has 3 heterocycles. The van der Waals surface area contributed by atoms with Gasteiger partial charge in [0.25, 0.3) is 0 Å². The van der Waals surface area contributed by atoms with E-state index in [2.05, 4.69) is 4.98 Å². The van der Waals surface area contributed by atoms with E-state index in [0.29, 0.717) is 19.0 Å². The molecule has 134 valence electrons. The predicted octanol–water partition coefficient (Wildman–Crippen LogP) is 4.30. The number of hydrogen-bond acceptors (Lipinski definition) is 6. The highest BCUT2D eigenvalue weighted by molar-refractivity contribution is 8.00. The zero-order valence-electron chi connectivity index (χ0n) is 14.5. The van der Waals surface area contributed by atoms with Crippen LogP contribution < -0.4 is 9.47 Å². The highest BCUT2D eigenvalue weighted by atomic mass is 32.2. The summed E-state index contributed by atoms with van der Waals surface area (Å²) in [5.74, 6) is 2.00. The van der Waals surface area contributed by atoms with Crippen LogP contribution in [0.2, 0.25) is 0 Å². The molecule has 0 radical (unpaired) electrons. The molecule has 5 nitrogen and oxygen atoms in total. The number of nitrogens with zero attached hydrogens (tertiary/aromatic N) is 2. The number of aryl methyl sites for hydroxylation is 1. The highest BCUT2D eigenvalue weighted by Crippen LogP contribution is 2.34. The monoisotopic (exact) mass is 386 g/mol. The van der Waals surface area contributed by atoms with E-state index < -0.39 is 0 Å². The van der Waals surface area contributed by atoms with Crippen molar-refractivity contribution in [1.29, 1.82) is 0 Å². The SMILES string of the molecule is Cc1cc(C(=O)CSc2ccc3c(c2)OCCO3)c(C)n1-c1nccs1. The van der Waals surface area contributed by atoms with Gasteiger partial charge in [-0.1, -0.05) is 0 Å². The molecule has 0 bridgehead atoms. The number of carbonyl (C=O) groups excluding carboxylic acids is 1. The van der Waals surface area contributed by atoms with Gasteiger partial charge >= 0.3 is 0 Å². The number of benzene rings is 1. The van der Waals surface area contributed by atoms with Crippen molar-refractivity contribution in [2.45, 2.75) is 18.7 Å². The fourth-order valence-electron chi connectivity index (χ4n) is 3.01. The lowest BCUT2D eigenvalue weighted by atomic mass is 10.2. The summed E-state index contributed by atoms with van der Waals surface area (Å²) in [6, 6.07) is 7.74. The van der Waals surface area contributed by atoms with Crippen LogP contribution in [0.15, 0.2) is 40.7 Å². The van der Waals surface area contributed by atoms with E-state index >= 15 is 0 Å². The van der Waals surface area contributed by atoms with Crippen LogP contribution in [0.5, 0.6) is 11.5 Å². The number of ether oxygens (including phenoxy) is 2. The second-order valence-electron chi connectivity index (χ2n) is 5.95. The third kappa shape index (κ3) is 3.24. The lowest BCUT2D eigenvalue weighted by Gasteiger charge is -2.18. The standard InChI is InChI=1S/C19H18N2O3S2/c1-12-9-15(13(2)21(12)19-20-5-8-25-19)16(22)11-26-14-3-4-17-18(10-14)24-7-6-23-17/h3-5,8-10H,6-7,11H2,1-2H3. The van der Waals surface area contributed by atoms with Crippen molar-refractivity contribution in [2.75, 3.05) is 19.0 Å². The lowest BCUT2D eigenvalue weighted by Crippen LogP contribution is -2.15. The van der Waals surface area contributed by atoms with Crippen molar-refractivity contribution in [3.63, 3.8) is 0 Å². The van der Waals surface area contributed by atoms with E-state index in [4.69, 9.17) is 9.47 Å². The average molecular weight is 386 g/mol. The van der Waals surface area contributed by atoms with Gasteiger partial charge in [-0.2, -0.15) is 0 Å². The molecule has 3 aromatic rings. The molecule has 1 aromatic carbocycles. The largest absolute Gasteiger partial charge is 0.486 e. The molecule has 2 aromatic heterocycles. The molecule has 0 N–H and O–H groups in total. The van der Waals surface area contributed by atoms with Crippen molar-refractivity contribution < 1.29 is 14.3 Å². The number of carbonyl (C=O) groups is 1. The Morgan fingerprint density at radius 3 is 2.81 bits per heavy atom. The van der Waals surface area contributed by atoms with Gasteiger partial charge in [0.2, 0.25) is 0 Å². The summed E-state index contributed by atoms with van der Waals surface area (Å²) in [5.41, 5.74) is 2.71. The maximum atomic E-state index is 12.8. The minimum Gasteiger partial charge on any atom is -0.486 e. The van der Waals surface area contributed by atoms with E-state index in [-0.39, 0.29) is 5.78 Å². The molecule has 0 fully saturated rings. The quantitative estimate of drug-likeness (QED) is 0.483. The van der Waals surface area contributed by atoms with Gasteiger partial charge in [0.1, 0.15) is 13.2 Å². The van der Waals surface area contributed by atoms with Crippen LogP contribution in [-0.4, -0.2) is 34.3 Å². The van der Waals surface area contributed by atoms with Crippen LogP contribution in [-0.2, 0) is 0 Å². The van der Waals surface area contributed by atoms with Gasteiger partial charge < -0.3 is 9.47 Å². The molecule has 1 aliphatic heterocycles. The Kier molecular flexibility index (Phi) is 4.74. The molecule has 0 saturated heterocycles. The van der Waals surface area contributed by atoms with Crippen LogP contribution in [0.25, 0.3) is 5.13 Å². The maximum Gasteiger partial charge on any atom is 0.193 e. The molecular weight excluding hydrogens is 368 g/mol. The van der Waals surface area contributed by atoms with E-state index in [0.717, 1.165) is 38.5 Å². The number of hydrogen-bond donors (Lipinski definition) is 0. The molecule has 26 heavy (non-hydrogen) atoms. The zero-order valence-corrected chi connectivity index (χ0v) is 16.2. The number of fused-ring (bicyclic) bond motifs is 1. The van der Waals surface area contributed by atoms with Crippen molar-refractivity contribution >= 4 is 28.9 Å². The van der Waals surface area contributed by atoms with Gasteiger partial charge in [-0.15, -0.1) is 23.1 Å². The fraction of sp³-hybridized carbons (Fsp3) is 0.263. The number of thiazole rings is 1. The van der Waals surface area contributed by atoms with Gasteiger partial charge in [0.05, 0.1) is 5.75 Å². The minimum atomic E-state index is 0.112. The molecule has 7 heteroatoms. The van der Waals surface area contributed by atoms with E-state index in [1.807, 2.05) is 48.1 Å². The van der Waals surface area contributed by atoms with Gasteiger partial charge in [0, 0.05) is 33.4 Å². The molecule has 0 spiro atoms. The second-order valence-corrected chi connectivity index (χ2v) is 7.87. The smallest absolute Gasteiger partial charge is 0.193 e. The maximum absolute atomic E-state index is 12.8. The minimum absolute atomic E-state index is 0.112. The third-order valence-electron chi connectivity index (χ3n) is 4.23. The van der Waals surface area contributed by atoms with Crippen molar-refractivity contribution in [3.05, 3.63) is 52.8 Å². The first kappa shape index (κ1) is 17.2. The van der Waals surface area contributed by atoms with Gasteiger partial charge in [0.15, 0.2) is 22.4 Å². The van der Waals surface area contributed by atoms with Crippen LogP contribution >= 0.6 is 23.1 Å². The molecule has 0 aliphatic carbocycles. The number of Topliss-reactive ketones (excluding diaryl/α,β-unsaturated/α-hetero) is 1. The van der Waals surface area contributed by atoms with Crippen LogP contribution in [0, 0.1) is 13.8 Å². The van der Waals surface area contributed by atoms with Crippen molar-refractivity contribution in [2.24, 2.45) is 0 Å². The first-order valence-electron chi connectivity index (χ1n) is 8.28. The summed E-state index contributed by atoms with van der Waals surface area (Å²) in [7, 11) is 0. The average Bonchev–Trinajstić information content (AvgIpc) is 3.27. The fourth-order valence-corrected chi connectivity index (χ4v) is 4.57. The van der Waals surface area contributed by atoms with Gasteiger partial charge in [-0.05, 0) is 38.1 Å². The Balaban J connectivity index is 1.50. The summed E-state index contributed by atoms with van der Waals surface area (Å²) in [6.45, 7) is 5.10. The van der Waals surface area contributed by atoms with Crippen LogP contribution in [0.1, 0.15) is 21.7 Å². The Labute approximate surface area is 160 Å². The summed E-state index contributed by atoms with van der Waals surface area (Å²) in [6.07, 6.45) is 1.78. The van der Waals surface area contributed by atoms with Gasteiger partial charge in [-0.3, -0.25) is 9.36 Å². The summed E-state index contributed by atoms with van der Waals surface area (Å²) in [4.78, 5) is 18.1. The van der Waals surface area contributed by atoms with E-state index in [1.54, 1.807) is 17.5 Å². The second kappa shape index (κ2) is 7.17. The predicted molar refractivity (Wildman–Crippen MR) is 103 cm³/mol. The summed E-state index contributed by atoms with van der Waals surface area (Å²) >= 11 is 3.07. The number of rotatable bonds is 5. The van der Waals surface area contributed by atoms with E-state index in [1.165, 1.54) is 11.8 Å². The zero-order chi connectivity index (χ0) is 18.1. The Hall–Kier alpha value is -2.25. The molecular formula is C19H18N2O3S2. The normalized spacial score (nSPS) is 13.0. The molecule has 0 amide bonds. The molecule has 1 aliphatic rings. The first-order valence-corrected chi connectivity index (χ1v) is 10.1. The number of aromatic nitrogens is 2. The summed E-state index contributed by atoms with van der Waals surface area (Å²) in [5, 5.41) is 2.83. The molecule has 0 saturated carbocycles. The van der Waals surface area contributed by atoms with Gasteiger partial charge in [-0.25, -0.2) is 4.98 Å². The van der Waals surface area contributed by atoms with Crippen molar-refractivity contribution in [3.8, 4) is 16.6 Å². The lowest BCUT2D eigenvalue weighted by molar-refractivity contribution is 0.102.